The number of nitrogens with one attached hydrogen (secondary N) is 2. The second-order valence-corrected chi connectivity index (χ2v) is 5.92. The summed E-state index contributed by atoms with van der Waals surface area (Å²) in [6, 6.07) is 8.54. The Morgan fingerprint density at radius 1 is 1.52 bits per heavy atom. The minimum Gasteiger partial charge on any atom is -0.481 e. The van der Waals surface area contributed by atoms with Crippen LogP contribution >= 0.6 is 0 Å². The number of hydrogen-bond donors (Lipinski definition) is 2. The summed E-state index contributed by atoms with van der Waals surface area (Å²) in [6.45, 7) is 7.11. The van der Waals surface area contributed by atoms with Crippen LogP contribution in [-0.4, -0.2) is 30.6 Å². The Labute approximate surface area is 127 Å². The Morgan fingerprint density at radius 2 is 2.33 bits per heavy atom. The summed E-state index contributed by atoms with van der Waals surface area (Å²) in [5.74, 6) is 0.758. The summed E-state index contributed by atoms with van der Waals surface area (Å²) in [5.41, 5.74) is 1.13. The summed E-state index contributed by atoms with van der Waals surface area (Å²) in [4.78, 5) is 12.4. The fourth-order valence-corrected chi connectivity index (χ4v) is 2.73. The van der Waals surface area contributed by atoms with Gasteiger partial charge in [0.25, 0.3) is 5.91 Å². The fourth-order valence-electron chi connectivity index (χ4n) is 2.73. The van der Waals surface area contributed by atoms with Gasteiger partial charge < -0.3 is 15.4 Å². The van der Waals surface area contributed by atoms with Crippen molar-refractivity contribution in [1.29, 1.82) is 0 Å². The van der Waals surface area contributed by atoms with E-state index in [9.17, 15) is 4.79 Å². The zero-order valence-corrected chi connectivity index (χ0v) is 13.2. The molecule has 116 valence electrons. The van der Waals surface area contributed by atoms with Crippen molar-refractivity contribution in [2.24, 2.45) is 0 Å². The third-order valence-electron chi connectivity index (χ3n) is 3.90. The molecular formula is C17H26N2O2. The van der Waals surface area contributed by atoms with E-state index in [4.69, 9.17) is 4.74 Å². The van der Waals surface area contributed by atoms with Gasteiger partial charge in [0.05, 0.1) is 0 Å². The fraction of sp³-hybridized carbons (Fsp3) is 0.588. The number of hydrogen-bond acceptors (Lipinski definition) is 3. The first-order valence-corrected chi connectivity index (χ1v) is 7.85. The number of ether oxygens (including phenoxy) is 1. The van der Waals surface area contributed by atoms with Gasteiger partial charge in [0.2, 0.25) is 0 Å². The second-order valence-electron chi connectivity index (χ2n) is 5.92. The molecule has 1 aliphatic heterocycles. The molecule has 0 aliphatic carbocycles. The standard InChI is InChI=1S/C17H26N2O2/c1-4-16(21-15-7-5-6-12(2)10-15)17(20)19-14-8-9-18-13(3)11-14/h5-7,10,13-14,16,18H,4,8-9,11H2,1-3H3,(H,19,20). The van der Waals surface area contributed by atoms with E-state index in [1.54, 1.807) is 0 Å². The van der Waals surface area contributed by atoms with Crippen LogP contribution in [0.5, 0.6) is 5.75 Å². The maximum absolute atomic E-state index is 12.4. The van der Waals surface area contributed by atoms with E-state index in [1.807, 2.05) is 38.1 Å². The lowest BCUT2D eigenvalue weighted by molar-refractivity contribution is -0.129. The average Bonchev–Trinajstić information content (AvgIpc) is 2.44. The third kappa shape index (κ3) is 4.74. The van der Waals surface area contributed by atoms with E-state index in [-0.39, 0.29) is 11.9 Å². The molecule has 2 rings (SSSR count). The lowest BCUT2D eigenvalue weighted by atomic mass is 10.0. The van der Waals surface area contributed by atoms with Crippen LogP contribution in [0.15, 0.2) is 24.3 Å². The molecule has 1 heterocycles. The van der Waals surface area contributed by atoms with Gasteiger partial charge in [-0.15, -0.1) is 0 Å². The molecule has 1 aromatic carbocycles. The molecule has 4 nitrogen and oxygen atoms in total. The van der Waals surface area contributed by atoms with Crippen LogP contribution < -0.4 is 15.4 Å². The number of benzene rings is 1. The highest BCUT2D eigenvalue weighted by atomic mass is 16.5. The third-order valence-corrected chi connectivity index (χ3v) is 3.90. The Hall–Kier alpha value is -1.55. The van der Waals surface area contributed by atoms with Crippen molar-refractivity contribution < 1.29 is 9.53 Å². The molecule has 1 fully saturated rings. The molecule has 1 saturated heterocycles. The Bertz CT molecular complexity index is 476. The molecule has 3 atom stereocenters. The van der Waals surface area contributed by atoms with Crippen molar-refractivity contribution in [2.75, 3.05) is 6.54 Å². The molecule has 3 unspecified atom stereocenters. The van der Waals surface area contributed by atoms with Crippen LogP contribution in [0.3, 0.4) is 0 Å². The molecule has 0 spiro atoms. The van der Waals surface area contributed by atoms with E-state index < -0.39 is 6.10 Å². The quantitative estimate of drug-likeness (QED) is 0.875. The average molecular weight is 290 g/mol. The first kappa shape index (κ1) is 15.8. The van der Waals surface area contributed by atoms with Crippen molar-refractivity contribution in [3.05, 3.63) is 29.8 Å². The van der Waals surface area contributed by atoms with Crippen LogP contribution in [0.25, 0.3) is 0 Å². The number of rotatable bonds is 5. The topological polar surface area (TPSA) is 50.4 Å². The van der Waals surface area contributed by atoms with Gasteiger partial charge in [0, 0.05) is 12.1 Å². The van der Waals surface area contributed by atoms with Crippen LogP contribution in [0.2, 0.25) is 0 Å². The second kappa shape index (κ2) is 7.46. The van der Waals surface area contributed by atoms with Crippen molar-refractivity contribution >= 4 is 5.91 Å². The maximum Gasteiger partial charge on any atom is 0.261 e. The normalized spacial score (nSPS) is 23.4. The SMILES string of the molecule is CCC(Oc1cccc(C)c1)C(=O)NC1CCNC(C)C1. The van der Waals surface area contributed by atoms with Gasteiger partial charge in [-0.25, -0.2) is 0 Å². The molecule has 1 aromatic rings. The van der Waals surface area contributed by atoms with Gasteiger partial charge >= 0.3 is 0 Å². The van der Waals surface area contributed by atoms with Gasteiger partial charge in [-0.2, -0.15) is 0 Å². The zero-order valence-electron chi connectivity index (χ0n) is 13.2. The molecule has 21 heavy (non-hydrogen) atoms. The van der Waals surface area contributed by atoms with Crippen molar-refractivity contribution in [1.82, 2.24) is 10.6 Å². The predicted molar refractivity (Wildman–Crippen MR) is 84.5 cm³/mol. The Morgan fingerprint density at radius 3 is 3.00 bits per heavy atom. The highest BCUT2D eigenvalue weighted by Crippen LogP contribution is 2.16. The molecule has 4 heteroatoms. The summed E-state index contributed by atoms with van der Waals surface area (Å²) in [7, 11) is 0. The van der Waals surface area contributed by atoms with Gasteiger partial charge in [-0.05, 0) is 57.4 Å². The van der Waals surface area contributed by atoms with Crippen LogP contribution in [-0.2, 0) is 4.79 Å². The largest absolute Gasteiger partial charge is 0.481 e. The molecule has 1 aliphatic rings. The lowest BCUT2D eigenvalue weighted by Gasteiger charge is -2.30. The highest BCUT2D eigenvalue weighted by molar-refractivity contribution is 5.81. The van der Waals surface area contributed by atoms with Crippen LogP contribution in [0, 0.1) is 6.92 Å². The minimum atomic E-state index is -0.419. The van der Waals surface area contributed by atoms with E-state index in [1.165, 1.54) is 0 Å². The minimum absolute atomic E-state index is 0.00175. The molecule has 0 radical (unpaired) electrons. The monoisotopic (exact) mass is 290 g/mol. The lowest BCUT2D eigenvalue weighted by Crippen LogP contribution is -2.50. The maximum atomic E-state index is 12.4. The van der Waals surface area contributed by atoms with Crippen LogP contribution in [0.4, 0.5) is 0 Å². The molecule has 2 N–H and O–H groups in total. The molecule has 0 saturated carbocycles. The van der Waals surface area contributed by atoms with Gasteiger partial charge in [0.15, 0.2) is 6.10 Å². The molecule has 0 bridgehead atoms. The first-order chi connectivity index (χ1) is 10.1. The van der Waals surface area contributed by atoms with E-state index in [0.29, 0.717) is 12.5 Å². The Balaban J connectivity index is 1.92. The molecule has 0 aromatic heterocycles. The van der Waals surface area contributed by atoms with Crippen molar-refractivity contribution in [2.45, 2.75) is 58.2 Å². The smallest absolute Gasteiger partial charge is 0.261 e. The number of carbonyl (C=O) groups is 1. The van der Waals surface area contributed by atoms with Gasteiger partial charge in [-0.3, -0.25) is 4.79 Å². The highest BCUT2D eigenvalue weighted by Gasteiger charge is 2.24. The van der Waals surface area contributed by atoms with E-state index >= 15 is 0 Å². The predicted octanol–water partition coefficient (Wildman–Crippen LogP) is 2.41. The van der Waals surface area contributed by atoms with Crippen LogP contribution in [0.1, 0.15) is 38.7 Å². The van der Waals surface area contributed by atoms with Gasteiger partial charge in [-0.1, -0.05) is 19.1 Å². The van der Waals surface area contributed by atoms with Gasteiger partial charge in [0.1, 0.15) is 5.75 Å². The zero-order chi connectivity index (χ0) is 15.2. The summed E-state index contributed by atoms with van der Waals surface area (Å²) in [5, 5.41) is 6.52. The molecular weight excluding hydrogens is 264 g/mol. The number of aryl methyl sites for hydroxylation is 1. The first-order valence-electron chi connectivity index (χ1n) is 7.85. The van der Waals surface area contributed by atoms with Crippen molar-refractivity contribution in [3.63, 3.8) is 0 Å². The van der Waals surface area contributed by atoms with E-state index in [0.717, 1.165) is 30.7 Å². The van der Waals surface area contributed by atoms with E-state index in [2.05, 4.69) is 17.6 Å². The van der Waals surface area contributed by atoms with Crippen molar-refractivity contribution in [3.8, 4) is 5.75 Å². The summed E-state index contributed by atoms with van der Waals surface area (Å²) in [6.07, 6.45) is 2.21. The summed E-state index contributed by atoms with van der Waals surface area (Å²) >= 11 is 0. The number of carbonyl (C=O) groups excluding carboxylic acids is 1. The number of amides is 1. The number of piperidine rings is 1. The summed E-state index contributed by atoms with van der Waals surface area (Å²) < 4.78 is 5.85. The Kier molecular flexibility index (Phi) is 5.62. The molecule has 1 amide bonds.